The number of aliphatic hydroxyl groups is 1. The number of para-hydroxylation sites is 1. The maximum atomic E-state index is 10.2. The molecule has 14 heavy (non-hydrogen) atoms. The lowest BCUT2D eigenvalue weighted by atomic mass is 9.93. The van der Waals surface area contributed by atoms with Crippen LogP contribution in [0.3, 0.4) is 0 Å². The molecule has 0 amide bonds. The van der Waals surface area contributed by atoms with Crippen LogP contribution >= 0.6 is 11.8 Å². The summed E-state index contributed by atoms with van der Waals surface area (Å²) in [5.41, 5.74) is 7.17. The van der Waals surface area contributed by atoms with E-state index in [0.29, 0.717) is 6.42 Å². The van der Waals surface area contributed by atoms with Gasteiger partial charge in [-0.3, -0.25) is 0 Å². The zero-order valence-corrected chi connectivity index (χ0v) is 8.89. The summed E-state index contributed by atoms with van der Waals surface area (Å²) in [4.78, 5) is 0. The van der Waals surface area contributed by atoms with Gasteiger partial charge in [-0.15, -0.1) is 0 Å². The number of nitrogen functional groups attached to an aromatic ring is 1. The van der Waals surface area contributed by atoms with Gasteiger partial charge in [0.25, 0.3) is 0 Å². The molecule has 0 bridgehead atoms. The lowest BCUT2D eigenvalue weighted by Crippen LogP contribution is -2.31. The average molecular weight is 209 g/mol. The molecule has 3 heteroatoms. The summed E-state index contributed by atoms with van der Waals surface area (Å²) in [7, 11) is 0. The Labute approximate surface area is 88.5 Å². The molecule has 0 spiro atoms. The standard InChI is InChI=1S/C11H15NOS/c12-10-4-2-1-3-9(10)7-11(13)5-6-14-8-11/h1-4,13H,5-8,12H2. The molecular weight excluding hydrogens is 194 g/mol. The fourth-order valence-electron chi connectivity index (χ4n) is 1.79. The molecule has 2 rings (SSSR count). The van der Waals surface area contributed by atoms with Crippen molar-refractivity contribution in [2.24, 2.45) is 0 Å². The van der Waals surface area contributed by atoms with E-state index < -0.39 is 5.60 Å². The summed E-state index contributed by atoms with van der Waals surface area (Å²) in [6.07, 6.45) is 1.57. The predicted octanol–water partition coefficient (Wildman–Crippen LogP) is 1.68. The molecule has 1 saturated heterocycles. The van der Waals surface area contributed by atoms with Crippen LogP contribution in [0, 0.1) is 0 Å². The van der Waals surface area contributed by atoms with E-state index in [0.717, 1.165) is 29.2 Å². The van der Waals surface area contributed by atoms with Crippen molar-refractivity contribution in [1.82, 2.24) is 0 Å². The first-order valence-corrected chi connectivity index (χ1v) is 5.99. The molecule has 1 aliphatic heterocycles. The largest absolute Gasteiger partial charge is 0.399 e. The Bertz CT molecular complexity index is 321. The maximum Gasteiger partial charge on any atom is 0.0786 e. The van der Waals surface area contributed by atoms with E-state index in [1.54, 1.807) is 0 Å². The predicted molar refractivity (Wildman–Crippen MR) is 61.5 cm³/mol. The number of rotatable bonds is 2. The van der Waals surface area contributed by atoms with Gasteiger partial charge in [0, 0.05) is 17.9 Å². The number of thioether (sulfide) groups is 1. The normalized spacial score (nSPS) is 26.6. The molecule has 76 valence electrons. The summed E-state index contributed by atoms with van der Waals surface area (Å²) in [6.45, 7) is 0. The van der Waals surface area contributed by atoms with Crippen LogP contribution in [0.2, 0.25) is 0 Å². The highest BCUT2D eigenvalue weighted by Crippen LogP contribution is 2.31. The van der Waals surface area contributed by atoms with E-state index in [2.05, 4.69) is 0 Å². The fraction of sp³-hybridized carbons (Fsp3) is 0.455. The summed E-state index contributed by atoms with van der Waals surface area (Å²) in [6, 6.07) is 7.78. The Morgan fingerprint density at radius 3 is 2.86 bits per heavy atom. The van der Waals surface area contributed by atoms with Crippen molar-refractivity contribution in [3.63, 3.8) is 0 Å². The van der Waals surface area contributed by atoms with Crippen LogP contribution in [-0.2, 0) is 6.42 Å². The molecule has 1 aromatic rings. The SMILES string of the molecule is Nc1ccccc1CC1(O)CCSC1. The van der Waals surface area contributed by atoms with E-state index in [4.69, 9.17) is 5.73 Å². The topological polar surface area (TPSA) is 46.2 Å². The first-order valence-electron chi connectivity index (χ1n) is 4.83. The van der Waals surface area contributed by atoms with Crippen molar-refractivity contribution in [1.29, 1.82) is 0 Å². The maximum absolute atomic E-state index is 10.2. The summed E-state index contributed by atoms with van der Waals surface area (Å²) < 4.78 is 0. The first-order chi connectivity index (χ1) is 6.70. The second-order valence-corrected chi connectivity index (χ2v) is 5.01. The Morgan fingerprint density at radius 2 is 2.21 bits per heavy atom. The van der Waals surface area contributed by atoms with Gasteiger partial charge in [-0.1, -0.05) is 18.2 Å². The smallest absolute Gasteiger partial charge is 0.0786 e. The molecule has 0 aromatic heterocycles. The molecule has 1 heterocycles. The van der Waals surface area contributed by atoms with Gasteiger partial charge in [0.1, 0.15) is 0 Å². The van der Waals surface area contributed by atoms with Gasteiger partial charge < -0.3 is 10.8 Å². The first kappa shape index (κ1) is 9.87. The van der Waals surface area contributed by atoms with Crippen LogP contribution in [0.4, 0.5) is 5.69 Å². The van der Waals surface area contributed by atoms with Crippen LogP contribution in [-0.4, -0.2) is 22.2 Å². The van der Waals surface area contributed by atoms with Crippen molar-refractivity contribution in [2.45, 2.75) is 18.4 Å². The number of nitrogens with two attached hydrogens (primary N) is 1. The zero-order valence-electron chi connectivity index (χ0n) is 8.07. The second-order valence-electron chi connectivity index (χ2n) is 3.90. The fourth-order valence-corrected chi connectivity index (χ4v) is 3.08. The number of benzene rings is 1. The van der Waals surface area contributed by atoms with Crippen molar-refractivity contribution in [3.05, 3.63) is 29.8 Å². The molecular formula is C11H15NOS. The van der Waals surface area contributed by atoms with Crippen LogP contribution < -0.4 is 5.73 Å². The minimum absolute atomic E-state index is 0.528. The molecule has 0 aliphatic carbocycles. The van der Waals surface area contributed by atoms with Gasteiger partial charge in [-0.05, 0) is 23.8 Å². The zero-order chi connectivity index (χ0) is 10.0. The van der Waals surface area contributed by atoms with E-state index in [-0.39, 0.29) is 0 Å². The quantitative estimate of drug-likeness (QED) is 0.728. The van der Waals surface area contributed by atoms with Gasteiger partial charge in [0.2, 0.25) is 0 Å². The molecule has 1 unspecified atom stereocenters. The van der Waals surface area contributed by atoms with Crippen LogP contribution in [0.1, 0.15) is 12.0 Å². The van der Waals surface area contributed by atoms with Gasteiger partial charge in [0.15, 0.2) is 0 Å². The molecule has 3 N–H and O–H groups in total. The Balaban J connectivity index is 2.14. The monoisotopic (exact) mass is 209 g/mol. The third-order valence-electron chi connectivity index (χ3n) is 2.66. The van der Waals surface area contributed by atoms with Crippen LogP contribution in [0.5, 0.6) is 0 Å². The Kier molecular flexibility index (Phi) is 2.70. The van der Waals surface area contributed by atoms with E-state index >= 15 is 0 Å². The summed E-state index contributed by atoms with van der Waals surface area (Å²) >= 11 is 1.82. The van der Waals surface area contributed by atoms with Crippen LogP contribution in [0.15, 0.2) is 24.3 Å². The number of hydrogen-bond acceptors (Lipinski definition) is 3. The number of anilines is 1. The minimum Gasteiger partial charge on any atom is -0.399 e. The summed E-state index contributed by atoms with van der Waals surface area (Å²) in [5, 5.41) is 10.2. The molecule has 1 fully saturated rings. The van der Waals surface area contributed by atoms with Crippen molar-refractivity contribution in [3.8, 4) is 0 Å². The van der Waals surface area contributed by atoms with Crippen molar-refractivity contribution >= 4 is 17.4 Å². The molecule has 1 atom stereocenters. The third kappa shape index (κ3) is 2.04. The highest BCUT2D eigenvalue weighted by Gasteiger charge is 2.32. The summed E-state index contributed by atoms with van der Waals surface area (Å²) in [5.74, 6) is 1.89. The van der Waals surface area contributed by atoms with Crippen LogP contribution in [0.25, 0.3) is 0 Å². The lowest BCUT2D eigenvalue weighted by molar-refractivity contribution is 0.0688. The molecule has 1 aliphatic rings. The number of hydrogen-bond donors (Lipinski definition) is 2. The Hall–Kier alpha value is -0.670. The van der Waals surface area contributed by atoms with Gasteiger partial charge >= 0.3 is 0 Å². The average Bonchev–Trinajstić information content (AvgIpc) is 2.57. The highest BCUT2D eigenvalue weighted by atomic mass is 32.2. The minimum atomic E-state index is -0.528. The molecule has 0 saturated carbocycles. The second kappa shape index (κ2) is 3.83. The van der Waals surface area contributed by atoms with Crippen molar-refractivity contribution < 1.29 is 5.11 Å². The van der Waals surface area contributed by atoms with E-state index in [1.165, 1.54) is 0 Å². The van der Waals surface area contributed by atoms with E-state index in [9.17, 15) is 5.11 Å². The van der Waals surface area contributed by atoms with Gasteiger partial charge in [0.05, 0.1) is 5.60 Å². The van der Waals surface area contributed by atoms with Gasteiger partial charge in [-0.25, -0.2) is 0 Å². The van der Waals surface area contributed by atoms with Gasteiger partial charge in [-0.2, -0.15) is 11.8 Å². The van der Waals surface area contributed by atoms with Crippen molar-refractivity contribution in [2.75, 3.05) is 17.2 Å². The molecule has 2 nitrogen and oxygen atoms in total. The lowest BCUT2D eigenvalue weighted by Gasteiger charge is -2.21. The third-order valence-corrected chi connectivity index (χ3v) is 3.89. The molecule has 1 aromatic carbocycles. The molecule has 0 radical (unpaired) electrons. The van der Waals surface area contributed by atoms with E-state index in [1.807, 2.05) is 36.0 Å². The Morgan fingerprint density at radius 1 is 1.43 bits per heavy atom. The highest BCUT2D eigenvalue weighted by molar-refractivity contribution is 7.99.